The number of fused-ring (bicyclic) bond motifs is 5. The Balaban J connectivity index is 1.98. The van der Waals surface area contributed by atoms with Crippen LogP contribution in [0.1, 0.15) is 41.5 Å². The van der Waals surface area contributed by atoms with Crippen LogP contribution in [0.3, 0.4) is 0 Å². The molecule has 1 unspecified atom stereocenters. The zero-order valence-corrected chi connectivity index (χ0v) is 18.3. The zero-order chi connectivity index (χ0) is 25.3. The van der Waals surface area contributed by atoms with E-state index in [1.54, 1.807) is 30.3 Å². The number of carboxylic acids is 1. The quantitative estimate of drug-likeness (QED) is 0.415. The van der Waals surface area contributed by atoms with E-state index < -0.39 is 65.8 Å². The second kappa shape index (κ2) is 7.64. The molecule has 8 nitrogen and oxygen atoms in total. The molecule has 4 heterocycles. The number of halogens is 3. The largest absolute Gasteiger partial charge is 0.481 e. The minimum Gasteiger partial charge on any atom is -0.481 e. The molecule has 0 fully saturated rings. The molecule has 2 aromatic heterocycles. The number of carbonyl (C=O) groups is 2. The number of pyridine rings is 2. The number of esters is 1. The summed E-state index contributed by atoms with van der Waals surface area (Å²) in [7, 11) is 0. The highest BCUT2D eigenvalue weighted by atomic mass is 19.3. The third-order valence-corrected chi connectivity index (χ3v) is 6.70. The predicted molar refractivity (Wildman–Crippen MR) is 116 cm³/mol. The predicted octanol–water partition coefficient (Wildman–Crippen LogP) is 2.85. The topological polar surface area (TPSA) is 119 Å². The molecular weight excluding hydrogens is 469 g/mol. The molecule has 0 bridgehead atoms. The number of carboxylic acid groups (broad SMARTS) is 1. The van der Waals surface area contributed by atoms with E-state index in [0.717, 1.165) is 4.57 Å². The summed E-state index contributed by atoms with van der Waals surface area (Å²) in [5.74, 6) is -10.5. The fourth-order valence-electron chi connectivity index (χ4n) is 5.02. The summed E-state index contributed by atoms with van der Waals surface area (Å²) < 4.78 is 49.4. The van der Waals surface area contributed by atoms with Crippen LogP contribution in [0.4, 0.5) is 13.2 Å². The number of alkyl halides is 3. The van der Waals surface area contributed by atoms with Gasteiger partial charge in [-0.25, -0.2) is 22.9 Å². The number of hydrogen-bond donors (Lipinski definition) is 2. The molecule has 1 aromatic carbocycles. The fourth-order valence-corrected chi connectivity index (χ4v) is 5.02. The number of para-hydroxylation sites is 1. The summed E-state index contributed by atoms with van der Waals surface area (Å²) >= 11 is 0. The molecule has 0 saturated carbocycles. The Morgan fingerprint density at radius 1 is 1.31 bits per heavy atom. The fraction of sp³-hybridized carbons (Fsp3) is 0.333. The molecule has 0 radical (unpaired) electrons. The summed E-state index contributed by atoms with van der Waals surface area (Å²) in [6, 6.07) is 8.57. The molecule has 0 amide bonds. The Hall–Kier alpha value is -3.73. The van der Waals surface area contributed by atoms with Crippen molar-refractivity contribution in [1.29, 1.82) is 0 Å². The van der Waals surface area contributed by atoms with Crippen molar-refractivity contribution in [2.24, 2.45) is 0 Å². The van der Waals surface area contributed by atoms with E-state index in [2.05, 4.69) is 4.98 Å². The first-order valence-electron chi connectivity index (χ1n) is 10.8. The molecule has 5 rings (SSSR count). The van der Waals surface area contributed by atoms with E-state index in [4.69, 9.17) is 4.74 Å². The lowest BCUT2D eigenvalue weighted by Gasteiger charge is -2.36. The van der Waals surface area contributed by atoms with Gasteiger partial charge < -0.3 is 19.5 Å². The van der Waals surface area contributed by atoms with Crippen molar-refractivity contribution < 1.29 is 37.7 Å². The molecule has 0 aliphatic carbocycles. The molecule has 0 spiro atoms. The van der Waals surface area contributed by atoms with Crippen molar-refractivity contribution in [2.45, 2.75) is 43.9 Å². The molecule has 2 atom stereocenters. The average molecular weight is 488 g/mol. The molecule has 2 N–H and O–H groups in total. The van der Waals surface area contributed by atoms with Gasteiger partial charge in [-0.15, -0.1) is 0 Å². The summed E-state index contributed by atoms with van der Waals surface area (Å²) in [5.41, 5.74) is -4.27. The van der Waals surface area contributed by atoms with Crippen LogP contribution in [-0.2, 0) is 33.1 Å². The van der Waals surface area contributed by atoms with Crippen LogP contribution in [-0.4, -0.2) is 44.3 Å². The monoisotopic (exact) mass is 488 g/mol. The number of ether oxygens (including phenoxy) is 1. The summed E-state index contributed by atoms with van der Waals surface area (Å²) in [5, 5.41) is 21.8. The number of hydrogen-bond acceptors (Lipinski definition) is 6. The van der Waals surface area contributed by atoms with Gasteiger partial charge in [-0.1, -0.05) is 25.1 Å². The molecule has 2 aliphatic heterocycles. The standard InChI is InChI=1S/C24H19F3N2O6/c1-2-23(34)16-13(9-35-22(23)33)20(30)29-8-12-7-11-5-3-4-6-14(11)28-18(12)19(29)15(16)17(21(31)32)24(26,27)10-25/h3-7,17,34H,2,8-10H2,1H3,(H,31,32)/t17?,23-/m0/s1. The smallest absolute Gasteiger partial charge is 0.343 e. The average Bonchev–Trinajstić information content (AvgIpc) is 3.20. The van der Waals surface area contributed by atoms with E-state index in [1.807, 2.05) is 0 Å². The number of rotatable bonds is 5. The number of benzene rings is 1. The van der Waals surface area contributed by atoms with Crippen molar-refractivity contribution in [3.05, 3.63) is 62.9 Å². The maximum absolute atomic E-state index is 14.9. The number of aliphatic carboxylic acids is 1. The van der Waals surface area contributed by atoms with E-state index in [1.165, 1.54) is 6.92 Å². The SMILES string of the molecule is CC[C@@]1(O)C(=O)OCc2c1c(C(C(=O)O)C(F)(F)CF)c1n(c2=O)Cc2cc3ccccc3nc2-1. The second-order valence-electron chi connectivity index (χ2n) is 8.65. The lowest BCUT2D eigenvalue weighted by Crippen LogP contribution is -2.48. The van der Waals surface area contributed by atoms with Gasteiger partial charge in [0.25, 0.3) is 11.5 Å². The van der Waals surface area contributed by atoms with Gasteiger partial charge in [0, 0.05) is 22.1 Å². The van der Waals surface area contributed by atoms with Gasteiger partial charge in [-0.3, -0.25) is 9.59 Å². The maximum Gasteiger partial charge on any atom is 0.343 e. The molecule has 182 valence electrons. The highest BCUT2D eigenvalue weighted by molar-refractivity contribution is 5.91. The number of cyclic esters (lactones) is 1. The Labute approximate surface area is 195 Å². The van der Waals surface area contributed by atoms with E-state index in [9.17, 15) is 37.8 Å². The summed E-state index contributed by atoms with van der Waals surface area (Å²) in [6.45, 7) is -1.73. The van der Waals surface area contributed by atoms with Crippen LogP contribution in [0, 0.1) is 0 Å². The van der Waals surface area contributed by atoms with E-state index in [0.29, 0.717) is 16.5 Å². The lowest BCUT2D eigenvalue weighted by molar-refractivity contribution is -0.173. The van der Waals surface area contributed by atoms with Gasteiger partial charge >= 0.3 is 11.9 Å². The van der Waals surface area contributed by atoms with Gasteiger partial charge in [0.2, 0.25) is 0 Å². The summed E-state index contributed by atoms with van der Waals surface area (Å²) in [4.78, 5) is 42.8. The number of aromatic nitrogens is 2. The maximum atomic E-state index is 14.9. The minimum absolute atomic E-state index is 0.0527. The molecule has 35 heavy (non-hydrogen) atoms. The first-order valence-corrected chi connectivity index (χ1v) is 10.8. The van der Waals surface area contributed by atoms with Gasteiger partial charge in [0.15, 0.2) is 18.2 Å². The van der Waals surface area contributed by atoms with Crippen molar-refractivity contribution in [3.8, 4) is 11.4 Å². The lowest BCUT2D eigenvalue weighted by atomic mass is 9.76. The van der Waals surface area contributed by atoms with Crippen LogP contribution in [0.25, 0.3) is 22.3 Å². The number of carbonyl (C=O) groups excluding carboxylic acids is 1. The first kappa shape index (κ1) is 23.0. The highest BCUT2D eigenvalue weighted by Crippen LogP contribution is 2.48. The Morgan fingerprint density at radius 2 is 2.03 bits per heavy atom. The Kier molecular flexibility index (Phi) is 5.03. The Morgan fingerprint density at radius 3 is 2.69 bits per heavy atom. The van der Waals surface area contributed by atoms with Crippen LogP contribution in [0.5, 0.6) is 0 Å². The van der Waals surface area contributed by atoms with Crippen molar-refractivity contribution in [1.82, 2.24) is 9.55 Å². The zero-order valence-electron chi connectivity index (χ0n) is 18.3. The molecule has 3 aromatic rings. The molecular formula is C24H19F3N2O6. The van der Waals surface area contributed by atoms with Gasteiger partial charge in [-0.2, -0.15) is 0 Å². The number of nitrogens with zero attached hydrogens (tertiary/aromatic N) is 2. The normalized spacial score (nSPS) is 19.6. The van der Waals surface area contributed by atoms with Crippen molar-refractivity contribution in [2.75, 3.05) is 6.67 Å². The van der Waals surface area contributed by atoms with Crippen LogP contribution in [0.2, 0.25) is 0 Å². The van der Waals surface area contributed by atoms with Crippen molar-refractivity contribution >= 4 is 22.8 Å². The van der Waals surface area contributed by atoms with Crippen LogP contribution in [0.15, 0.2) is 35.1 Å². The summed E-state index contributed by atoms with van der Waals surface area (Å²) in [6.07, 6.45) is -0.403. The highest BCUT2D eigenvalue weighted by Gasteiger charge is 2.55. The van der Waals surface area contributed by atoms with Gasteiger partial charge in [-0.05, 0) is 18.6 Å². The van der Waals surface area contributed by atoms with E-state index in [-0.39, 0.29) is 23.5 Å². The second-order valence-corrected chi connectivity index (χ2v) is 8.65. The van der Waals surface area contributed by atoms with Gasteiger partial charge in [0.05, 0.1) is 29.0 Å². The van der Waals surface area contributed by atoms with Crippen LogP contribution >= 0.6 is 0 Å². The van der Waals surface area contributed by atoms with Crippen molar-refractivity contribution in [3.63, 3.8) is 0 Å². The number of aliphatic hydroxyl groups is 1. The minimum atomic E-state index is -4.42. The first-order chi connectivity index (χ1) is 16.5. The third-order valence-electron chi connectivity index (χ3n) is 6.70. The molecule has 11 heteroatoms. The van der Waals surface area contributed by atoms with E-state index >= 15 is 0 Å². The van der Waals surface area contributed by atoms with Gasteiger partial charge in [0.1, 0.15) is 6.61 Å². The third kappa shape index (κ3) is 3.10. The molecule has 2 aliphatic rings. The molecule has 0 saturated heterocycles. The Bertz CT molecular complexity index is 1480. The van der Waals surface area contributed by atoms with Crippen LogP contribution < -0.4 is 5.56 Å².